The van der Waals surface area contributed by atoms with Crippen molar-refractivity contribution in [2.45, 2.75) is 27.2 Å². The number of carbonyl (C=O) groups is 1. The average Bonchev–Trinajstić information content (AvgIpc) is 2.03. The van der Waals surface area contributed by atoms with Crippen LogP contribution in [-0.4, -0.2) is 12.6 Å². The van der Waals surface area contributed by atoms with Gasteiger partial charge in [0.25, 0.3) is 0 Å². The molecule has 1 atom stereocenters. The fraction of sp³-hybridized carbons (Fsp3) is 0.700. The molecule has 2 heteroatoms. The van der Waals surface area contributed by atoms with Crippen LogP contribution in [0.1, 0.15) is 27.2 Å². The van der Waals surface area contributed by atoms with Crippen molar-refractivity contribution in [3.05, 3.63) is 12.7 Å². The molecule has 0 aromatic rings. The average molecular weight is 170 g/mol. The molecule has 0 spiro atoms. The normalized spacial score (nSPS) is 12.7. The second kappa shape index (κ2) is 5.81. The summed E-state index contributed by atoms with van der Waals surface area (Å²) in [6, 6.07) is 0. The highest BCUT2D eigenvalue weighted by Crippen LogP contribution is 2.13. The molecule has 2 nitrogen and oxygen atoms in total. The van der Waals surface area contributed by atoms with Crippen molar-refractivity contribution in [3.8, 4) is 0 Å². The molecule has 0 aliphatic rings. The van der Waals surface area contributed by atoms with Crippen LogP contribution in [-0.2, 0) is 9.53 Å². The van der Waals surface area contributed by atoms with Gasteiger partial charge in [0.2, 0.25) is 0 Å². The first-order valence-electron chi connectivity index (χ1n) is 4.37. The van der Waals surface area contributed by atoms with Gasteiger partial charge in [-0.05, 0) is 18.3 Å². The van der Waals surface area contributed by atoms with Crippen LogP contribution in [0.25, 0.3) is 0 Å². The predicted molar refractivity (Wildman–Crippen MR) is 49.8 cm³/mol. The smallest absolute Gasteiger partial charge is 0.330 e. The quantitative estimate of drug-likeness (QED) is 0.468. The summed E-state index contributed by atoms with van der Waals surface area (Å²) < 4.78 is 4.86. The van der Waals surface area contributed by atoms with Gasteiger partial charge in [0.05, 0.1) is 6.61 Å². The molecule has 12 heavy (non-hydrogen) atoms. The van der Waals surface area contributed by atoms with Crippen LogP contribution in [0.15, 0.2) is 12.7 Å². The van der Waals surface area contributed by atoms with Gasteiger partial charge in [-0.2, -0.15) is 0 Å². The highest BCUT2D eigenvalue weighted by atomic mass is 16.5. The first-order chi connectivity index (χ1) is 5.57. The van der Waals surface area contributed by atoms with E-state index in [1.165, 1.54) is 6.08 Å². The molecule has 0 aromatic heterocycles. The molecule has 0 radical (unpaired) electrons. The fourth-order valence-corrected chi connectivity index (χ4v) is 0.738. The van der Waals surface area contributed by atoms with Crippen LogP contribution in [0.4, 0.5) is 0 Å². The first kappa shape index (κ1) is 11.2. The molecule has 0 saturated carbocycles. The third-order valence-electron chi connectivity index (χ3n) is 2.12. The minimum Gasteiger partial charge on any atom is -0.463 e. The van der Waals surface area contributed by atoms with Crippen LogP contribution in [0.3, 0.4) is 0 Å². The van der Waals surface area contributed by atoms with E-state index in [-0.39, 0.29) is 5.97 Å². The Hall–Kier alpha value is -0.790. The lowest BCUT2D eigenvalue weighted by molar-refractivity contribution is -0.138. The number of esters is 1. The van der Waals surface area contributed by atoms with Crippen LogP contribution in [0.5, 0.6) is 0 Å². The van der Waals surface area contributed by atoms with Crippen LogP contribution in [0.2, 0.25) is 0 Å². The van der Waals surface area contributed by atoms with Crippen molar-refractivity contribution in [1.82, 2.24) is 0 Å². The van der Waals surface area contributed by atoms with Crippen molar-refractivity contribution in [2.75, 3.05) is 6.61 Å². The number of hydrogen-bond donors (Lipinski definition) is 0. The van der Waals surface area contributed by atoms with Gasteiger partial charge < -0.3 is 4.74 Å². The molecule has 0 heterocycles. The van der Waals surface area contributed by atoms with Gasteiger partial charge in [0.1, 0.15) is 0 Å². The first-order valence-corrected chi connectivity index (χ1v) is 4.37. The van der Waals surface area contributed by atoms with E-state index >= 15 is 0 Å². The van der Waals surface area contributed by atoms with Crippen LogP contribution >= 0.6 is 0 Å². The molecular formula is C10H18O2. The Morgan fingerprint density at radius 2 is 2.08 bits per heavy atom. The molecule has 0 aromatic carbocycles. The van der Waals surface area contributed by atoms with Gasteiger partial charge in [-0.1, -0.05) is 27.4 Å². The van der Waals surface area contributed by atoms with E-state index < -0.39 is 0 Å². The molecule has 0 saturated heterocycles. The molecule has 0 bridgehead atoms. The monoisotopic (exact) mass is 170 g/mol. The minimum absolute atomic E-state index is 0.328. The third kappa shape index (κ3) is 4.94. The maximum absolute atomic E-state index is 10.6. The van der Waals surface area contributed by atoms with Crippen molar-refractivity contribution in [2.24, 2.45) is 11.8 Å². The van der Waals surface area contributed by atoms with Gasteiger partial charge in [0.15, 0.2) is 0 Å². The Morgan fingerprint density at radius 1 is 1.50 bits per heavy atom. The summed E-state index contributed by atoms with van der Waals surface area (Å²) in [5, 5.41) is 0. The van der Waals surface area contributed by atoms with Gasteiger partial charge >= 0.3 is 5.97 Å². The predicted octanol–water partition coefficient (Wildman–Crippen LogP) is 2.40. The lowest BCUT2D eigenvalue weighted by atomic mass is 9.95. The Kier molecular flexibility index (Phi) is 5.43. The maximum atomic E-state index is 10.6. The summed E-state index contributed by atoms with van der Waals surface area (Å²) in [6.45, 7) is 10.3. The van der Waals surface area contributed by atoms with Gasteiger partial charge in [-0.15, -0.1) is 0 Å². The second-order valence-corrected chi connectivity index (χ2v) is 3.38. The lowest BCUT2D eigenvalue weighted by Gasteiger charge is -2.14. The molecule has 0 rings (SSSR count). The molecule has 0 amide bonds. The van der Waals surface area contributed by atoms with Crippen LogP contribution in [0, 0.1) is 11.8 Å². The van der Waals surface area contributed by atoms with Crippen LogP contribution < -0.4 is 0 Å². The molecule has 0 aliphatic carbocycles. The molecule has 1 unspecified atom stereocenters. The van der Waals surface area contributed by atoms with Crippen molar-refractivity contribution in [3.63, 3.8) is 0 Å². The number of rotatable bonds is 5. The summed E-state index contributed by atoms with van der Waals surface area (Å²) in [5.74, 6) is 0.918. The lowest BCUT2D eigenvalue weighted by Crippen LogP contribution is -2.10. The maximum Gasteiger partial charge on any atom is 0.330 e. The summed E-state index contributed by atoms with van der Waals surface area (Å²) >= 11 is 0. The van der Waals surface area contributed by atoms with Crippen molar-refractivity contribution >= 4 is 5.97 Å². The van der Waals surface area contributed by atoms with E-state index in [9.17, 15) is 4.79 Å². The highest BCUT2D eigenvalue weighted by Gasteiger charge is 2.07. The van der Waals surface area contributed by atoms with Gasteiger partial charge in [-0.25, -0.2) is 4.79 Å². The van der Waals surface area contributed by atoms with E-state index in [4.69, 9.17) is 4.74 Å². The zero-order valence-electron chi connectivity index (χ0n) is 8.17. The van der Waals surface area contributed by atoms with E-state index in [0.717, 1.165) is 6.42 Å². The zero-order chi connectivity index (χ0) is 9.56. The molecular weight excluding hydrogens is 152 g/mol. The summed E-state index contributed by atoms with van der Waals surface area (Å²) in [7, 11) is 0. The Balaban J connectivity index is 3.43. The minimum atomic E-state index is -0.328. The Labute approximate surface area is 74.6 Å². The summed E-state index contributed by atoms with van der Waals surface area (Å²) in [4.78, 5) is 10.6. The Morgan fingerprint density at radius 3 is 2.50 bits per heavy atom. The van der Waals surface area contributed by atoms with Crippen molar-refractivity contribution in [1.29, 1.82) is 0 Å². The zero-order valence-corrected chi connectivity index (χ0v) is 8.17. The fourth-order valence-electron chi connectivity index (χ4n) is 0.738. The molecule has 0 N–H and O–H groups in total. The van der Waals surface area contributed by atoms with Crippen molar-refractivity contribution < 1.29 is 9.53 Å². The van der Waals surface area contributed by atoms with Gasteiger partial charge in [-0.3, -0.25) is 0 Å². The third-order valence-corrected chi connectivity index (χ3v) is 2.12. The topological polar surface area (TPSA) is 26.3 Å². The largest absolute Gasteiger partial charge is 0.463 e. The second-order valence-electron chi connectivity index (χ2n) is 3.38. The molecule has 0 aliphatic heterocycles. The number of hydrogen-bond acceptors (Lipinski definition) is 2. The SMILES string of the molecule is C=CC(=O)OCCC(C)C(C)C. The Bertz CT molecular complexity index is 150. The standard InChI is InChI=1S/C10H18O2/c1-5-10(11)12-7-6-9(4)8(2)3/h5,8-9H,1,6-7H2,2-4H3. The van der Waals surface area contributed by atoms with E-state index in [1.807, 2.05) is 0 Å². The summed E-state index contributed by atoms with van der Waals surface area (Å²) in [5.41, 5.74) is 0. The molecule has 0 fully saturated rings. The summed E-state index contributed by atoms with van der Waals surface area (Å²) in [6.07, 6.45) is 2.12. The van der Waals surface area contributed by atoms with Gasteiger partial charge in [0, 0.05) is 6.08 Å². The highest BCUT2D eigenvalue weighted by molar-refractivity contribution is 5.81. The van der Waals surface area contributed by atoms with E-state index in [0.29, 0.717) is 18.4 Å². The molecule has 70 valence electrons. The van der Waals surface area contributed by atoms with E-state index in [1.54, 1.807) is 0 Å². The number of carbonyl (C=O) groups excluding carboxylic acids is 1. The van der Waals surface area contributed by atoms with E-state index in [2.05, 4.69) is 27.4 Å². The number of ether oxygens (including phenoxy) is 1.